The van der Waals surface area contributed by atoms with E-state index in [1.54, 1.807) is 0 Å². The Morgan fingerprint density at radius 2 is 1.87 bits per heavy atom. The number of urea groups is 1. The van der Waals surface area contributed by atoms with Crippen molar-refractivity contribution in [2.75, 3.05) is 0 Å². The fraction of sp³-hybridized carbons (Fsp3) is 0.286. The monoisotopic (exact) mass is 443 g/mol. The zero-order valence-corrected chi connectivity index (χ0v) is 17.1. The van der Waals surface area contributed by atoms with E-state index in [0.717, 1.165) is 24.2 Å². The van der Waals surface area contributed by atoms with E-state index in [2.05, 4.69) is 5.32 Å². The van der Waals surface area contributed by atoms with Gasteiger partial charge in [-0.1, -0.05) is 30.9 Å². The van der Waals surface area contributed by atoms with Crippen molar-refractivity contribution in [2.24, 2.45) is 0 Å². The van der Waals surface area contributed by atoms with Crippen molar-refractivity contribution >= 4 is 41.2 Å². The molecule has 1 aromatic carbocycles. The molecule has 160 valence electrons. The van der Waals surface area contributed by atoms with Crippen LogP contribution in [0.2, 0.25) is 5.02 Å². The van der Waals surface area contributed by atoms with Crippen LogP contribution in [0.1, 0.15) is 37.9 Å². The van der Waals surface area contributed by atoms with Gasteiger partial charge in [-0.3, -0.25) is 29.9 Å². The van der Waals surface area contributed by atoms with Crippen LogP contribution in [0.25, 0.3) is 17.4 Å². The third kappa shape index (κ3) is 4.09. The van der Waals surface area contributed by atoms with Crippen molar-refractivity contribution < 1.29 is 23.7 Å². The number of nitrogens with one attached hydrogen (secondary N) is 1. The number of rotatable bonds is 4. The Morgan fingerprint density at radius 3 is 2.58 bits per heavy atom. The third-order valence-electron chi connectivity index (χ3n) is 5.41. The first kappa shape index (κ1) is 20.8. The van der Waals surface area contributed by atoms with E-state index in [1.807, 2.05) is 0 Å². The van der Waals surface area contributed by atoms with Crippen molar-refractivity contribution in [3.63, 3.8) is 0 Å². The average molecular weight is 444 g/mol. The lowest BCUT2D eigenvalue weighted by Crippen LogP contribution is -2.58. The number of carbonyl (C=O) groups excluding carboxylic acids is 3. The lowest BCUT2D eigenvalue weighted by Gasteiger charge is -2.35. The summed E-state index contributed by atoms with van der Waals surface area (Å²) in [7, 11) is 0. The topological polar surface area (TPSA) is 123 Å². The molecule has 10 heteroatoms. The SMILES string of the molecule is O=C1NC(=O)N(C2CCCCC2)C(=O)/C1=C\c1ccc(-c2ccc(Cl)cc2[N+](=O)[O-])o1. The number of hydrogen-bond acceptors (Lipinski definition) is 6. The summed E-state index contributed by atoms with van der Waals surface area (Å²) >= 11 is 5.85. The van der Waals surface area contributed by atoms with Crippen molar-refractivity contribution in [1.29, 1.82) is 0 Å². The van der Waals surface area contributed by atoms with Gasteiger partial charge in [0.05, 0.1) is 10.5 Å². The molecule has 0 spiro atoms. The van der Waals surface area contributed by atoms with Crippen molar-refractivity contribution in [2.45, 2.75) is 38.1 Å². The van der Waals surface area contributed by atoms with Gasteiger partial charge in [0, 0.05) is 17.1 Å². The summed E-state index contributed by atoms with van der Waals surface area (Å²) in [6, 6.07) is 6.19. The van der Waals surface area contributed by atoms with Gasteiger partial charge < -0.3 is 4.42 Å². The van der Waals surface area contributed by atoms with E-state index in [0.29, 0.717) is 12.8 Å². The molecule has 0 radical (unpaired) electrons. The van der Waals surface area contributed by atoms with E-state index in [1.165, 1.54) is 36.4 Å². The van der Waals surface area contributed by atoms with Gasteiger partial charge in [0.2, 0.25) is 0 Å². The number of nitro benzene ring substituents is 1. The van der Waals surface area contributed by atoms with Crippen LogP contribution in [-0.2, 0) is 9.59 Å². The second kappa shape index (κ2) is 8.35. The van der Waals surface area contributed by atoms with Gasteiger partial charge in [-0.05, 0) is 43.2 Å². The van der Waals surface area contributed by atoms with E-state index < -0.39 is 22.8 Å². The smallest absolute Gasteiger partial charge is 0.331 e. The van der Waals surface area contributed by atoms with Gasteiger partial charge in [-0.2, -0.15) is 0 Å². The van der Waals surface area contributed by atoms with Crippen LogP contribution in [0.4, 0.5) is 10.5 Å². The van der Waals surface area contributed by atoms with Crippen LogP contribution in [0.3, 0.4) is 0 Å². The van der Waals surface area contributed by atoms with Gasteiger partial charge in [0.25, 0.3) is 17.5 Å². The molecule has 2 aliphatic rings. The molecule has 4 rings (SSSR count). The number of benzene rings is 1. The number of amides is 4. The van der Waals surface area contributed by atoms with Gasteiger partial charge in [-0.15, -0.1) is 0 Å². The maximum absolute atomic E-state index is 12.9. The summed E-state index contributed by atoms with van der Waals surface area (Å²) in [5.74, 6) is -1.15. The summed E-state index contributed by atoms with van der Waals surface area (Å²) in [5, 5.41) is 13.8. The van der Waals surface area contributed by atoms with Crippen LogP contribution < -0.4 is 5.32 Å². The zero-order valence-electron chi connectivity index (χ0n) is 16.3. The fourth-order valence-corrected chi connectivity index (χ4v) is 4.09. The molecule has 1 aliphatic carbocycles. The summed E-state index contributed by atoms with van der Waals surface area (Å²) in [5.41, 5.74) is -0.254. The Kier molecular flexibility index (Phi) is 5.60. The average Bonchev–Trinajstić information content (AvgIpc) is 3.20. The Balaban J connectivity index is 1.65. The van der Waals surface area contributed by atoms with E-state index in [9.17, 15) is 24.5 Å². The van der Waals surface area contributed by atoms with Crippen LogP contribution >= 0.6 is 11.6 Å². The first-order valence-corrected chi connectivity index (χ1v) is 10.2. The largest absolute Gasteiger partial charge is 0.456 e. The lowest BCUT2D eigenvalue weighted by atomic mass is 9.93. The number of barbiturate groups is 1. The highest BCUT2D eigenvalue weighted by molar-refractivity contribution is 6.31. The molecule has 0 unspecified atom stereocenters. The number of imide groups is 2. The van der Waals surface area contributed by atoms with Crippen LogP contribution in [0, 0.1) is 10.1 Å². The molecule has 1 saturated carbocycles. The third-order valence-corrected chi connectivity index (χ3v) is 5.64. The maximum Gasteiger partial charge on any atom is 0.331 e. The van der Waals surface area contributed by atoms with E-state index in [-0.39, 0.29) is 39.4 Å². The molecule has 2 fully saturated rings. The quantitative estimate of drug-likeness (QED) is 0.325. The Morgan fingerprint density at radius 1 is 1.13 bits per heavy atom. The highest BCUT2D eigenvalue weighted by atomic mass is 35.5. The molecule has 1 aromatic heterocycles. The first-order chi connectivity index (χ1) is 14.8. The first-order valence-electron chi connectivity index (χ1n) is 9.80. The molecule has 2 heterocycles. The summed E-state index contributed by atoms with van der Waals surface area (Å²) in [6.07, 6.45) is 5.52. The molecule has 0 bridgehead atoms. The lowest BCUT2D eigenvalue weighted by molar-refractivity contribution is -0.384. The number of carbonyl (C=O) groups is 3. The molecule has 9 nitrogen and oxygen atoms in total. The molecule has 2 aromatic rings. The number of nitrogens with zero attached hydrogens (tertiary/aromatic N) is 2. The molecule has 1 N–H and O–H groups in total. The van der Waals surface area contributed by atoms with Crippen LogP contribution in [-0.4, -0.2) is 33.7 Å². The van der Waals surface area contributed by atoms with Crippen LogP contribution in [0.15, 0.2) is 40.3 Å². The molecule has 0 atom stereocenters. The van der Waals surface area contributed by atoms with Gasteiger partial charge in [0.1, 0.15) is 17.1 Å². The fourth-order valence-electron chi connectivity index (χ4n) is 3.92. The Bertz CT molecular complexity index is 1120. The minimum atomic E-state index is -0.808. The minimum Gasteiger partial charge on any atom is -0.456 e. The van der Waals surface area contributed by atoms with Gasteiger partial charge in [0.15, 0.2) is 0 Å². The minimum absolute atomic E-state index is 0.149. The standard InChI is InChI=1S/C21H18ClN3O6/c22-12-6-8-15(17(10-12)25(29)30)18-9-7-14(31-18)11-16-19(26)23-21(28)24(20(16)27)13-4-2-1-3-5-13/h6-11,13H,1-5H2,(H,23,26,28)/b16-11-. The number of nitro groups is 1. The predicted molar refractivity (Wildman–Crippen MR) is 111 cm³/mol. The Labute approximate surface area is 181 Å². The normalized spacial score (nSPS) is 19.1. The predicted octanol–water partition coefficient (Wildman–Crippen LogP) is 4.30. The highest BCUT2D eigenvalue weighted by Crippen LogP contribution is 2.34. The molecule has 1 saturated heterocycles. The highest BCUT2D eigenvalue weighted by Gasteiger charge is 2.40. The molecular formula is C21H18ClN3O6. The second-order valence-corrected chi connectivity index (χ2v) is 7.84. The van der Waals surface area contributed by atoms with Gasteiger partial charge >= 0.3 is 6.03 Å². The number of hydrogen-bond donors (Lipinski definition) is 1. The Hall–Kier alpha value is -3.46. The molecular weight excluding hydrogens is 426 g/mol. The van der Waals surface area contributed by atoms with Crippen molar-refractivity contribution in [3.8, 4) is 11.3 Å². The number of furan rings is 1. The molecule has 4 amide bonds. The van der Waals surface area contributed by atoms with Crippen molar-refractivity contribution in [3.05, 3.63) is 56.8 Å². The van der Waals surface area contributed by atoms with Crippen molar-refractivity contribution in [1.82, 2.24) is 10.2 Å². The van der Waals surface area contributed by atoms with E-state index >= 15 is 0 Å². The summed E-state index contributed by atoms with van der Waals surface area (Å²) in [6.45, 7) is 0. The van der Waals surface area contributed by atoms with E-state index in [4.69, 9.17) is 16.0 Å². The zero-order chi connectivity index (χ0) is 22.1. The summed E-state index contributed by atoms with van der Waals surface area (Å²) < 4.78 is 5.65. The summed E-state index contributed by atoms with van der Waals surface area (Å²) in [4.78, 5) is 49.4. The molecule has 31 heavy (non-hydrogen) atoms. The molecule has 1 aliphatic heterocycles. The maximum atomic E-state index is 12.9. The number of halogens is 1. The second-order valence-electron chi connectivity index (χ2n) is 7.40. The van der Waals surface area contributed by atoms with Gasteiger partial charge in [-0.25, -0.2) is 4.79 Å². The van der Waals surface area contributed by atoms with Crippen LogP contribution in [0.5, 0.6) is 0 Å².